The predicted octanol–water partition coefficient (Wildman–Crippen LogP) is 2.82. The topological polar surface area (TPSA) is 90.5 Å². The summed E-state index contributed by atoms with van der Waals surface area (Å²) < 4.78 is 0. The fourth-order valence-electron chi connectivity index (χ4n) is 3.48. The van der Waals surface area contributed by atoms with Gasteiger partial charge < -0.3 is 15.0 Å². The molecule has 1 unspecified atom stereocenters. The number of carboxylic acids is 1. The van der Waals surface area contributed by atoms with Gasteiger partial charge in [-0.05, 0) is 30.5 Å². The molecule has 6 heteroatoms. The fraction of sp³-hybridized carbons (Fsp3) is 0.350. The van der Waals surface area contributed by atoms with Gasteiger partial charge in [0.05, 0.1) is 5.41 Å². The molecule has 6 nitrogen and oxygen atoms in total. The number of likely N-dealkylation sites (tertiary alicyclic amines) is 1. The van der Waals surface area contributed by atoms with E-state index in [1.54, 1.807) is 47.6 Å². The van der Waals surface area contributed by atoms with Crippen molar-refractivity contribution in [1.82, 2.24) is 9.88 Å². The number of carbonyl (C=O) groups excluding carboxylic acids is 2. The Morgan fingerprint density at radius 1 is 1.08 bits per heavy atom. The van der Waals surface area contributed by atoms with E-state index in [0.717, 1.165) is 0 Å². The van der Waals surface area contributed by atoms with E-state index in [9.17, 15) is 19.5 Å². The monoisotopic (exact) mass is 354 g/mol. The highest BCUT2D eigenvalue weighted by atomic mass is 16.4. The van der Waals surface area contributed by atoms with Crippen molar-refractivity contribution in [3.8, 4) is 0 Å². The van der Waals surface area contributed by atoms with Crippen LogP contribution in [0.5, 0.6) is 0 Å². The molecular formula is C20H22N2O4. The van der Waals surface area contributed by atoms with Crippen molar-refractivity contribution in [3.63, 3.8) is 0 Å². The number of H-pyrrole nitrogens is 1. The molecule has 1 amide bonds. The first-order valence-electron chi connectivity index (χ1n) is 8.65. The van der Waals surface area contributed by atoms with Gasteiger partial charge in [0.2, 0.25) is 0 Å². The zero-order chi connectivity index (χ0) is 18.9. The normalized spacial score (nSPS) is 19.7. The van der Waals surface area contributed by atoms with Crippen LogP contribution in [-0.4, -0.2) is 45.7 Å². The molecule has 2 aromatic rings. The SMILES string of the molecule is CC(C)C1(C(=O)O)CCN(C(=O)c2ccc(C(=O)c3cc[nH]c3)cc2)C1. The maximum atomic E-state index is 12.7. The highest BCUT2D eigenvalue weighted by Gasteiger charge is 2.48. The van der Waals surface area contributed by atoms with E-state index in [1.165, 1.54) is 0 Å². The Morgan fingerprint density at radius 3 is 2.23 bits per heavy atom. The largest absolute Gasteiger partial charge is 0.481 e. The Labute approximate surface area is 151 Å². The van der Waals surface area contributed by atoms with Crippen LogP contribution in [0.1, 0.15) is 46.5 Å². The van der Waals surface area contributed by atoms with Crippen molar-refractivity contribution in [2.75, 3.05) is 13.1 Å². The lowest BCUT2D eigenvalue weighted by Crippen LogP contribution is -2.40. The molecule has 26 heavy (non-hydrogen) atoms. The predicted molar refractivity (Wildman–Crippen MR) is 96.1 cm³/mol. The quantitative estimate of drug-likeness (QED) is 0.808. The molecule has 136 valence electrons. The lowest BCUT2D eigenvalue weighted by atomic mass is 9.76. The third-order valence-corrected chi connectivity index (χ3v) is 5.37. The minimum Gasteiger partial charge on any atom is -0.481 e. The lowest BCUT2D eigenvalue weighted by molar-refractivity contribution is -0.150. The second-order valence-electron chi connectivity index (χ2n) is 7.10. The number of hydrogen-bond acceptors (Lipinski definition) is 3. The van der Waals surface area contributed by atoms with Crippen LogP contribution in [0, 0.1) is 11.3 Å². The van der Waals surface area contributed by atoms with Gasteiger partial charge in [0.25, 0.3) is 5.91 Å². The van der Waals surface area contributed by atoms with Gasteiger partial charge in [0.1, 0.15) is 0 Å². The van der Waals surface area contributed by atoms with Crippen molar-refractivity contribution in [3.05, 3.63) is 59.4 Å². The van der Waals surface area contributed by atoms with E-state index in [2.05, 4.69) is 4.98 Å². The van der Waals surface area contributed by atoms with E-state index >= 15 is 0 Å². The Hall–Kier alpha value is -2.89. The van der Waals surface area contributed by atoms with Crippen molar-refractivity contribution < 1.29 is 19.5 Å². The molecule has 0 aliphatic carbocycles. The van der Waals surface area contributed by atoms with E-state index in [-0.39, 0.29) is 24.2 Å². The smallest absolute Gasteiger partial charge is 0.311 e. The average Bonchev–Trinajstić information content (AvgIpc) is 3.31. The standard InChI is InChI=1S/C20H22N2O4/c1-13(2)20(19(25)26)8-10-22(12-20)18(24)15-5-3-14(4-6-15)17(23)16-7-9-21-11-16/h3-7,9,11,13,21H,8,10,12H2,1-2H3,(H,25,26). The first-order chi connectivity index (χ1) is 12.3. The van der Waals surface area contributed by atoms with Crippen LogP contribution < -0.4 is 0 Å². The van der Waals surface area contributed by atoms with E-state index in [0.29, 0.717) is 29.7 Å². The molecule has 1 aliphatic rings. The Bertz CT molecular complexity index is 824. The summed E-state index contributed by atoms with van der Waals surface area (Å²) in [7, 11) is 0. The molecule has 1 aromatic carbocycles. The second-order valence-corrected chi connectivity index (χ2v) is 7.10. The molecule has 1 atom stereocenters. The first-order valence-corrected chi connectivity index (χ1v) is 8.65. The molecule has 1 fully saturated rings. The number of ketones is 1. The molecule has 3 rings (SSSR count). The van der Waals surface area contributed by atoms with Gasteiger partial charge in [-0.2, -0.15) is 0 Å². The van der Waals surface area contributed by atoms with Gasteiger partial charge in [-0.25, -0.2) is 0 Å². The summed E-state index contributed by atoms with van der Waals surface area (Å²) in [6.45, 7) is 4.39. The summed E-state index contributed by atoms with van der Waals surface area (Å²) in [6, 6.07) is 8.21. The maximum absolute atomic E-state index is 12.7. The molecule has 2 heterocycles. The molecule has 0 saturated carbocycles. The van der Waals surface area contributed by atoms with Crippen molar-refractivity contribution in [2.24, 2.45) is 11.3 Å². The van der Waals surface area contributed by atoms with Gasteiger partial charge in [0.15, 0.2) is 5.78 Å². The third kappa shape index (κ3) is 3.03. The lowest BCUT2D eigenvalue weighted by Gasteiger charge is -2.28. The van der Waals surface area contributed by atoms with Crippen LogP contribution in [0.2, 0.25) is 0 Å². The minimum atomic E-state index is -0.889. The zero-order valence-electron chi connectivity index (χ0n) is 14.9. The molecule has 0 bridgehead atoms. The number of benzene rings is 1. The number of amides is 1. The number of aliphatic carboxylic acids is 1. The van der Waals surface area contributed by atoms with Gasteiger partial charge in [-0.1, -0.05) is 26.0 Å². The van der Waals surface area contributed by atoms with Crippen molar-refractivity contribution in [1.29, 1.82) is 0 Å². The highest BCUT2D eigenvalue weighted by Crippen LogP contribution is 2.38. The van der Waals surface area contributed by atoms with Gasteiger partial charge in [0, 0.05) is 42.2 Å². The summed E-state index contributed by atoms with van der Waals surface area (Å²) in [5, 5.41) is 9.61. The Morgan fingerprint density at radius 2 is 1.73 bits per heavy atom. The van der Waals surface area contributed by atoms with E-state index in [4.69, 9.17) is 0 Å². The van der Waals surface area contributed by atoms with Crippen molar-refractivity contribution >= 4 is 17.7 Å². The van der Waals surface area contributed by atoms with Crippen LogP contribution in [0.25, 0.3) is 0 Å². The number of aromatic nitrogens is 1. The van der Waals surface area contributed by atoms with Crippen LogP contribution in [0.15, 0.2) is 42.7 Å². The number of carboxylic acid groups (broad SMARTS) is 1. The number of aromatic amines is 1. The molecule has 1 aromatic heterocycles. The van der Waals surface area contributed by atoms with Crippen LogP contribution in [0.4, 0.5) is 0 Å². The fourth-order valence-corrected chi connectivity index (χ4v) is 3.48. The van der Waals surface area contributed by atoms with E-state index < -0.39 is 11.4 Å². The first kappa shape index (κ1) is 17.9. The molecule has 1 saturated heterocycles. The average molecular weight is 354 g/mol. The van der Waals surface area contributed by atoms with Crippen LogP contribution >= 0.6 is 0 Å². The minimum absolute atomic E-state index is 0.0563. The molecule has 2 N–H and O–H groups in total. The summed E-state index contributed by atoms with van der Waals surface area (Å²) in [4.78, 5) is 41.2. The summed E-state index contributed by atoms with van der Waals surface area (Å²) in [5.41, 5.74) is 0.636. The van der Waals surface area contributed by atoms with Crippen LogP contribution in [0.3, 0.4) is 0 Å². The van der Waals surface area contributed by atoms with Gasteiger partial charge >= 0.3 is 5.97 Å². The number of nitrogens with one attached hydrogen (secondary N) is 1. The Balaban J connectivity index is 1.75. The van der Waals surface area contributed by atoms with Gasteiger partial charge in [-0.3, -0.25) is 14.4 Å². The summed E-state index contributed by atoms with van der Waals surface area (Å²) in [5.74, 6) is -1.22. The molecule has 0 spiro atoms. The van der Waals surface area contributed by atoms with Crippen LogP contribution in [-0.2, 0) is 4.79 Å². The number of hydrogen-bond donors (Lipinski definition) is 2. The summed E-state index contributed by atoms with van der Waals surface area (Å²) >= 11 is 0. The molecular weight excluding hydrogens is 332 g/mol. The van der Waals surface area contributed by atoms with E-state index in [1.807, 2.05) is 13.8 Å². The zero-order valence-corrected chi connectivity index (χ0v) is 14.9. The van der Waals surface area contributed by atoms with Crippen molar-refractivity contribution in [2.45, 2.75) is 20.3 Å². The third-order valence-electron chi connectivity index (χ3n) is 5.37. The van der Waals surface area contributed by atoms with Gasteiger partial charge in [-0.15, -0.1) is 0 Å². The Kier molecular flexibility index (Phi) is 4.68. The highest BCUT2D eigenvalue weighted by molar-refractivity contribution is 6.09. The number of carbonyl (C=O) groups is 3. The summed E-state index contributed by atoms with van der Waals surface area (Å²) in [6.07, 6.45) is 3.76. The molecule has 0 radical (unpaired) electrons. The second kappa shape index (κ2) is 6.78. The maximum Gasteiger partial charge on any atom is 0.311 e. The molecule has 1 aliphatic heterocycles. The number of rotatable bonds is 5. The number of nitrogens with zero attached hydrogens (tertiary/aromatic N) is 1.